The van der Waals surface area contributed by atoms with Gasteiger partial charge in [0, 0.05) is 0 Å². The molecule has 2 atom stereocenters. The third-order valence-corrected chi connectivity index (χ3v) is 4.70. The number of aryl methyl sites for hydroxylation is 2. The molecule has 2 unspecified atom stereocenters. The Bertz CT molecular complexity index is 687. The van der Waals surface area contributed by atoms with E-state index in [1.165, 1.54) is 0 Å². The Labute approximate surface area is 185 Å². The quantitative estimate of drug-likeness (QED) is 0.476. The minimum absolute atomic E-state index is 0.319. The van der Waals surface area contributed by atoms with Gasteiger partial charge in [-0.2, -0.15) is 0 Å². The average molecular weight is 433 g/mol. The van der Waals surface area contributed by atoms with Gasteiger partial charge in [-0.05, 0) is 67.5 Å². The molecule has 0 fully saturated rings. The molecule has 0 aliphatic rings. The maximum atomic E-state index is 10.4. The molecular formula is C25H36O6. The van der Waals surface area contributed by atoms with Crippen molar-refractivity contribution in [2.24, 2.45) is 0 Å². The van der Waals surface area contributed by atoms with Crippen LogP contribution in [0.1, 0.15) is 78.8 Å². The van der Waals surface area contributed by atoms with Gasteiger partial charge in [0.2, 0.25) is 0 Å². The summed E-state index contributed by atoms with van der Waals surface area (Å²) in [6.45, 7) is 7.89. The molecule has 2 aromatic carbocycles. The molecule has 4 N–H and O–H groups in total. The zero-order valence-corrected chi connectivity index (χ0v) is 18.9. The van der Waals surface area contributed by atoms with Crippen LogP contribution in [0.25, 0.3) is 0 Å². The number of carboxylic acid groups (broad SMARTS) is 2. The summed E-state index contributed by atoms with van der Waals surface area (Å²) in [4.78, 5) is 20.8. The van der Waals surface area contributed by atoms with E-state index in [2.05, 4.69) is 0 Å². The molecule has 6 nitrogen and oxygen atoms in total. The first kappa shape index (κ1) is 28.3. The minimum Gasteiger partial charge on any atom is -0.478 e. The summed E-state index contributed by atoms with van der Waals surface area (Å²) in [6.07, 6.45) is 3.24. The molecule has 6 heteroatoms. The summed E-state index contributed by atoms with van der Waals surface area (Å²) < 4.78 is 0. The van der Waals surface area contributed by atoms with Gasteiger partial charge in [0.25, 0.3) is 0 Å². The molecule has 0 heterocycles. The van der Waals surface area contributed by atoms with Crippen molar-refractivity contribution in [2.45, 2.75) is 72.0 Å². The van der Waals surface area contributed by atoms with Gasteiger partial charge in [-0.15, -0.1) is 0 Å². The predicted molar refractivity (Wildman–Crippen MR) is 123 cm³/mol. The number of carboxylic acids is 2. The third kappa shape index (κ3) is 12.6. The molecule has 31 heavy (non-hydrogen) atoms. The Morgan fingerprint density at radius 3 is 1.13 bits per heavy atom. The van der Waals surface area contributed by atoms with Crippen molar-refractivity contribution in [3.8, 4) is 0 Å². The van der Waals surface area contributed by atoms with E-state index in [4.69, 9.17) is 20.4 Å². The lowest BCUT2D eigenvalue weighted by molar-refractivity contribution is 0.0686. The standard InChI is InChI=1S/2C9H10O2.C7H16O2/c2*1-2-7-3-5-8(6-4-7)9(10)11;1-3-6(8)5-7(9)4-2/h2*3-6H,2H2,1H3,(H,10,11);6-9H,3-5H2,1-2H3. The summed E-state index contributed by atoms with van der Waals surface area (Å²) in [5.41, 5.74) is 3.02. The summed E-state index contributed by atoms with van der Waals surface area (Å²) in [5, 5.41) is 35.1. The van der Waals surface area contributed by atoms with Gasteiger partial charge in [-0.25, -0.2) is 9.59 Å². The second-order valence-corrected chi connectivity index (χ2v) is 7.07. The van der Waals surface area contributed by atoms with Gasteiger partial charge in [0.15, 0.2) is 0 Å². The van der Waals surface area contributed by atoms with Crippen molar-refractivity contribution in [2.75, 3.05) is 0 Å². The fourth-order valence-electron chi connectivity index (χ4n) is 2.41. The highest BCUT2D eigenvalue weighted by Gasteiger charge is 2.06. The Kier molecular flexibility index (Phi) is 14.7. The first-order chi connectivity index (χ1) is 14.7. The maximum absolute atomic E-state index is 10.4. The van der Waals surface area contributed by atoms with Crippen LogP contribution in [0.5, 0.6) is 0 Å². The van der Waals surface area contributed by atoms with Gasteiger partial charge in [-0.1, -0.05) is 52.0 Å². The summed E-state index contributed by atoms with van der Waals surface area (Å²) in [7, 11) is 0. The zero-order valence-electron chi connectivity index (χ0n) is 18.9. The normalized spacial score (nSPS) is 11.8. The van der Waals surface area contributed by atoms with Crippen LogP contribution in [0.3, 0.4) is 0 Å². The van der Waals surface area contributed by atoms with E-state index in [1.807, 2.05) is 52.0 Å². The molecule has 0 aliphatic heterocycles. The van der Waals surface area contributed by atoms with Crippen LogP contribution < -0.4 is 0 Å². The van der Waals surface area contributed by atoms with Crippen molar-refractivity contribution in [3.63, 3.8) is 0 Å². The van der Waals surface area contributed by atoms with Crippen molar-refractivity contribution in [1.29, 1.82) is 0 Å². The largest absolute Gasteiger partial charge is 0.478 e. The number of aliphatic hydroxyl groups excluding tert-OH is 2. The van der Waals surface area contributed by atoms with Crippen molar-refractivity contribution in [3.05, 3.63) is 70.8 Å². The van der Waals surface area contributed by atoms with Crippen LogP contribution in [-0.2, 0) is 12.8 Å². The highest BCUT2D eigenvalue weighted by Crippen LogP contribution is 2.05. The summed E-state index contributed by atoms with van der Waals surface area (Å²) in [6, 6.07) is 13.9. The molecule has 172 valence electrons. The Balaban J connectivity index is 0.000000439. The SMILES string of the molecule is CCC(O)CC(O)CC.CCc1ccc(C(=O)O)cc1.CCc1ccc(C(=O)O)cc1. The third-order valence-electron chi connectivity index (χ3n) is 4.70. The fourth-order valence-corrected chi connectivity index (χ4v) is 2.41. The zero-order chi connectivity index (χ0) is 23.8. The molecule has 0 aromatic heterocycles. The lowest BCUT2D eigenvalue weighted by Crippen LogP contribution is -2.15. The van der Waals surface area contributed by atoms with Crippen LogP contribution in [0.2, 0.25) is 0 Å². The van der Waals surface area contributed by atoms with Gasteiger partial charge in [0.1, 0.15) is 0 Å². The molecule has 0 spiro atoms. The van der Waals surface area contributed by atoms with E-state index in [1.54, 1.807) is 24.3 Å². The number of rotatable bonds is 8. The fraction of sp³-hybridized carbons (Fsp3) is 0.440. The molecule has 2 rings (SSSR count). The molecule has 0 saturated carbocycles. The summed E-state index contributed by atoms with van der Waals surface area (Å²) >= 11 is 0. The van der Waals surface area contributed by atoms with Crippen LogP contribution in [0.4, 0.5) is 0 Å². The van der Waals surface area contributed by atoms with E-state index in [0.29, 0.717) is 17.5 Å². The number of hydrogen-bond donors (Lipinski definition) is 4. The monoisotopic (exact) mass is 432 g/mol. The molecule has 0 radical (unpaired) electrons. The lowest BCUT2D eigenvalue weighted by atomic mass is 10.1. The molecule has 2 aromatic rings. The van der Waals surface area contributed by atoms with Gasteiger partial charge >= 0.3 is 11.9 Å². The first-order valence-corrected chi connectivity index (χ1v) is 10.7. The topological polar surface area (TPSA) is 115 Å². The average Bonchev–Trinajstić information content (AvgIpc) is 2.79. The number of hydrogen-bond acceptors (Lipinski definition) is 4. The lowest BCUT2D eigenvalue weighted by Gasteiger charge is -2.11. The minimum atomic E-state index is -0.868. The van der Waals surface area contributed by atoms with E-state index in [0.717, 1.165) is 36.8 Å². The number of benzene rings is 2. The number of aromatic carboxylic acids is 2. The number of carbonyl (C=O) groups is 2. The van der Waals surface area contributed by atoms with Crippen LogP contribution in [-0.4, -0.2) is 44.6 Å². The Morgan fingerprint density at radius 1 is 0.645 bits per heavy atom. The molecule has 0 aliphatic carbocycles. The highest BCUT2D eigenvalue weighted by molar-refractivity contribution is 5.87. The highest BCUT2D eigenvalue weighted by atomic mass is 16.4. The van der Waals surface area contributed by atoms with Gasteiger partial charge in [0.05, 0.1) is 23.3 Å². The molecule has 0 saturated heterocycles. The van der Waals surface area contributed by atoms with E-state index in [-0.39, 0.29) is 12.2 Å². The van der Waals surface area contributed by atoms with Gasteiger partial charge < -0.3 is 20.4 Å². The summed E-state index contributed by atoms with van der Waals surface area (Å²) in [5.74, 6) is -1.74. The van der Waals surface area contributed by atoms with Crippen molar-refractivity contribution in [1.82, 2.24) is 0 Å². The second kappa shape index (κ2) is 16.1. The Morgan fingerprint density at radius 2 is 0.935 bits per heavy atom. The predicted octanol–water partition coefficient (Wildman–Crippen LogP) is 4.81. The number of aliphatic hydroxyl groups is 2. The van der Waals surface area contributed by atoms with E-state index < -0.39 is 11.9 Å². The smallest absolute Gasteiger partial charge is 0.335 e. The second-order valence-electron chi connectivity index (χ2n) is 7.07. The van der Waals surface area contributed by atoms with Crippen LogP contribution in [0, 0.1) is 0 Å². The first-order valence-electron chi connectivity index (χ1n) is 10.7. The van der Waals surface area contributed by atoms with Crippen molar-refractivity contribution >= 4 is 11.9 Å². The molecule has 0 bridgehead atoms. The maximum Gasteiger partial charge on any atom is 0.335 e. The van der Waals surface area contributed by atoms with Gasteiger partial charge in [-0.3, -0.25) is 0 Å². The van der Waals surface area contributed by atoms with Crippen molar-refractivity contribution < 1.29 is 30.0 Å². The van der Waals surface area contributed by atoms with E-state index in [9.17, 15) is 9.59 Å². The molecule has 0 amide bonds. The Hall–Kier alpha value is -2.70. The van der Waals surface area contributed by atoms with Crippen LogP contribution >= 0.6 is 0 Å². The van der Waals surface area contributed by atoms with Crippen LogP contribution in [0.15, 0.2) is 48.5 Å². The van der Waals surface area contributed by atoms with E-state index >= 15 is 0 Å². The molecular weight excluding hydrogens is 396 g/mol.